The van der Waals surface area contributed by atoms with Crippen LogP contribution in [0.2, 0.25) is 0 Å². The monoisotopic (exact) mass is 574 g/mol. The van der Waals surface area contributed by atoms with E-state index in [2.05, 4.69) is 31.2 Å². The highest BCUT2D eigenvalue weighted by Gasteiger charge is 2.20. The minimum Gasteiger partial charge on any atom is -0.508 e. The molecule has 0 aliphatic carbocycles. The van der Waals surface area contributed by atoms with Gasteiger partial charge in [-0.2, -0.15) is 8.42 Å². The van der Waals surface area contributed by atoms with Crippen molar-refractivity contribution in [2.75, 3.05) is 24.4 Å². The summed E-state index contributed by atoms with van der Waals surface area (Å²) in [6.07, 6.45) is 4.23. The molecule has 0 saturated carbocycles. The van der Waals surface area contributed by atoms with Crippen molar-refractivity contribution >= 4 is 38.8 Å². The molecule has 0 unspecified atom stereocenters. The summed E-state index contributed by atoms with van der Waals surface area (Å²) in [5.41, 5.74) is 3.41. The Kier molecular flexibility index (Phi) is 11.9. The minimum atomic E-state index is -3.55. The Balaban J connectivity index is 1.49. The highest BCUT2D eigenvalue weighted by Crippen LogP contribution is 2.25. The molecule has 0 aliphatic rings. The summed E-state index contributed by atoms with van der Waals surface area (Å²) in [4.78, 5) is 12.9. The molecule has 0 fully saturated rings. The van der Waals surface area contributed by atoms with E-state index in [4.69, 9.17) is 8.92 Å². The van der Waals surface area contributed by atoms with Crippen LogP contribution in [0, 0.1) is 0 Å². The first-order chi connectivity index (χ1) is 18.2. The van der Waals surface area contributed by atoms with E-state index in [0.717, 1.165) is 53.7 Å². The molecule has 9 heteroatoms. The van der Waals surface area contributed by atoms with Gasteiger partial charge in [0.2, 0.25) is 5.12 Å². The molecule has 0 spiro atoms. The van der Waals surface area contributed by atoms with E-state index in [-0.39, 0.29) is 21.9 Å². The van der Waals surface area contributed by atoms with Gasteiger partial charge >= 0.3 is 10.1 Å². The normalized spacial score (nSPS) is 12.2. The van der Waals surface area contributed by atoms with Gasteiger partial charge in [0.15, 0.2) is 0 Å². The van der Waals surface area contributed by atoms with Crippen LogP contribution >= 0.6 is 23.5 Å². The number of phenols is 1. The quantitative estimate of drug-likeness (QED) is 0.224. The average Bonchev–Trinajstić information content (AvgIpc) is 2.89. The smallest absolute Gasteiger partial charge is 0.306 e. The highest BCUT2D eigenvalue weighted by molar-refractivity contribution is 8.16. The molecule has 1 atom stereocenters. The number of rotatable bonds is 15. The number of carbonyl (C=O) groups is 1. The molecule has 0 radical (unpaired) electrons. The number of aromatic hydroxyl groups is 1. The van der Waals surface area contributed by atoms with E-state index in [1.807, 2.05) is 12.1 Å². The molecule has 6 nitrogen and oxygen atoms in total. The number of ether oxygens (including phenoxy) is 1. The molecule has 0 saturated heterocycles. The SMILES string of the molecule is CCCSC(=O)[C@H](Cc1ccc(CCOc2ccc(OS(C)(=O)=O)cc2)cc1)SCCc1ccc(O)cc1. The summed E-state index contributed by atoms with van der Waals surface area (Å²) in [5.74, 6) is 2.82. The van der Waals surface area contributed by atoms with Crippen LogP contribution < -0.4 is 8.92 Å². The lowest BCUT2D eigenvalue weighted by atomic mass is 10.1. The van der Waals surface area contributed by atoms with Gasteiger partial charge in [0.25, 0.3) is 0 Å². The van der Waals surface area contributed by atoms with Gasteiger partial charge in [-0.15, -0.1) is 11.8 Å². The summed E-state index contributed by atoms with van der Waals surface area (Å²) in [5, 5.41) is 9.59. The number of phenolic OH excluding ortho intramolecular Hbond substituents is 1. The lowest BCUT2D eigenvalue weighted by Gasteiger charge is -2.16. The number of benzene rings is 3. The van der Waals surface area contributed by atoms with Gasteiger partial charge < -0.3 is 14.0 Å². The number of carbonyl (C=O) groups excluding carboxylic acids is 1. The van der Waals surface area contributed by atoms with Crippen molar-refractivity contribution < 1.29 is 27.2 Å². The van der Waals surface area contributed by atoms with Crippen LogP contribution in [-0.4, -0.2) is 48.3 Å². The van der Waals surface area contributed by atoms with Crippen LogP contribution in [0.1, 0.15) is 30.0 Å². The van der Waals surface area contributed by atoms with Crippen molar-refractivity contribution in [1.29, 1.82) is 0 Å². The first-order valence-corrected chi connectivity index (χ1v) is 16.3. The molecule has 0 bridgehead atoms. The highest BCUT2D eigenvalue weighted by atomic mass is 32.2. The number of hydrogen-bond acceptors (Lipinski definition) is 8. The van der Waals surface area contributed by atoms with Crippen LogP contribution in [-0.2, 0) is 34.2 Å². The van der Waals surface area contributed by atoms with Gasteiger partial charge in [-0.05, 0) is 78.1 Å². The first kappa shape index (κ1) is 29.9. The Morgan fingerprint density at radius 2 is 1.42 bits per heavy atom. The second-order valence-electron chi connectivity index (χ2n) is 8.82. The predicted molar refractivity (Wildman–Crippen MR) is 157 cm³/mol. The van der Waals surface area contributed by atoms with Crippen molar-refractivity contribution in [2.45, 2.75) is 37.9 Å². The van der Waals surface area contributed by atoms with Gasteiger partial charge in [0.1, 0.15) is 17.2 Å². The minimum absolute atomic E-state index is 0.104. The Labute approximate surface area is 234 Å². The van der Waals surface area contributed by atoms with E-state index < -0.39 is 10.1 Å². The fourth-order valence-corrected chi connectivity index (χ4v) is 6.22. The molecule has 3 aromatic rings. The third-order valence-corrected chi connectivity index (χ3v) is 8.58. The number of thioether (sulfide) groups is 2. The van der Waals surface area contributed by atoms with Gasteiger partial charge in [-0.3, -0.25) is 4.79 Å². The third kappa shape index (κ3) is 11.0. The second-order valence-corrected chi connectivity index (χ2v) is 12.8. The van der Waals surface area contributed by atoms with Crippen molar-refractivity contribution in [3.8, 4) is 17.2 Å². The maximum absolute atomic E-state index is 12.9. The fourth-order valence-electron chi connectivity index (χ4n) is 3.60. The summed E-state index contributed by atoms with van der Waals surface area (Å²) < 4.78 is 33.0. The Morgan fingerprint density at radius 3 is 2.05 bits per heavy atom. The van der Waals surface area contributed by atoms with Crippen LogP contribution in [0.25, 0.3) is 0 Å². The molecular formula is C29H34O6S3. The Morgan fingerprint density at radius 1 is 0.842 bits per heavy atom. The van der Waals surface area contributed by atoms with E-state index in [1.54, 1.807) is 48.2 Å². The summed E-state index contributed by atoms with van der Waals surface area (Å²) in [6, 6.07) is 22.0. The molecule has 0 heterocycles. The lowest BCUT2D eigenvalue weighted by Crippen LogP contribution is -2.18. The molecule has 0 aromatic heterocycles. The van der Waals surface area contributed by atoms with Crippen LogP contribution in [0.15, 0.2) is 72.8 Å². The van der Waals surface area contributed by atoms with Gasteiger partial charge in [-0.25, -0.2) is 0 Å². The van der Waals surface area contributed by atoms with Crippen molar-refractivity contribution in [3.05, 3.63) is 89.5 Å². The average molecular weight is 575 g/mol. The number of hydrogen-bond donors (Lipinski definition) is 1. The maximum atomic E-state index is 12.9. The summed E-state index contributed by atoms with van der Waals surface area (Å²) in [6.45, 7) is 2.56. The maximum Gasteiger partial charge on any atom is 0.306 e. The predicted octanol–water partition coefficient (Wildman–Crippen LogP) is 5.91. The van der Waals surface area contributed by atoms with Gasteiger partial charge in [0, 0.05) is 12.2 Å². The standard InChI is InChI=1S/C29H34O6S3/c1-3-19-37-29(31)28(36-20-17-23-8-10-25(30)11-9-23)21-24-6-4-22(5-7-24)16-18-34-26-12-14-27(15-13-26)35-38(2,32)33/h4-15,28,30H,3,16-21H2,1-2H3/t28-/m0/s1. The zero-order valence-electron chi connectivity index (χ0n) is 21.7. The first-order valence-electron chi connectivity index (χ1n) is 12.5. The summed E-state index contributed by atoms with van der Waals surface area (Å²) in [7, 11) is -3.55. The molecule has 0 aliphatic heterocycles. The largest absolute Gasteiger partial charge is 0.508 e. The van der Waals surface area contributed by atoms with Crippen molar-refractivity contribution in [3.63, 3.8) is 0 Å². The zero-order chi connectivity index (χ0) is 27.4. The van der Waals surface area contributed by atoms with Gasteiger partial charge in [0.05, 0.1) is 18.1 Å². The van der Waals surface area contributed by atoms with E-state index in [9.17, 15) is 18.3 Å². The molecule has 204 valence electrons. The Bertz CT molecular complexity index is 1240. The van der Waals surface area contributed by atoms with Crippen molar-refractivity contribution in [2.24, 2.45) is 0 Å². The molecular weight excluding hydrogens is 541 g/mol. The second kappa shape index (κ2) is 15.1. The van der Waals surface area contributed by atoms with Gasteiger partial charge in [-0.1, -0.05) is 55.1 Å². The molecule has 3 rings (SSSR count). The Hall–Kier alpha value is -2.62. The van der Waals surface area contributed by atoms with E-state index >= 15 is 0 Å². The zero-order valence-corrected chi connectivity index (χ0v) is 24.1. The third-order valence-electron chi connectivity index (χ3n) is 5.53. The molecule has 3 aromatic carbocycles. The lowest BCUT2D eigenvalue weighted by molar-refractivity contribution is -0.110. The van der Waals surface area contributed by atoms with E-state index in [1.165, 1.54) is 11.8 Å². The van der Waals surface area contributed by atoms with Crippen LogP contribution in [0.4, 0.5) is 0 Å². The number of aryl methyl sites for hydroxylation is 1. The van der Waals surface area contributed by atoms with Crippen LogP contribution in [0.3, 0.4) is 0 Å². The van der Waals surface area contributed by atoms with Crippen LogP contribution in [0.5, 0.6) is 17.2 Å². The molecule has 0 amide bonds. The molecule has 1 N–H and O–H groups in total. The topological polar surface area (TPSA) is 89.9 Å². The fraction of sp³-hybridized carbons (Fsp3) is 0.345. The van der Waals surface area contributed by atoms with Crippen molar-refractivity contribution in [1.82, 2.24) is 0 Å². The molecule has 38 heavy (non-hydrogen) atoms. The van der Waals surface area contributed by atoms with E-state index in [0.29, 0.717) is 18.8 Å². The summed E-state index contributed by atoms with van der Waals surface area (Å²) >= 11 is 3.12.